The molecule has 0 unspecified atom stereocenters. The minimum atomic E-state index is -0.868. The van der Waals surface area contributed by atoms with Crippen LogP contribution in [0.1, 0.15) is 32.9 Å². The highest BCUT2D eigenvalue weighted by molar-refractivity contribution is 6.11. The zero-order valence-electron chi connectivity index (χ0n) is 55.7. The normalized spacial score (nSPS) is 17.0. The van der Waals surface area contributed by atoms with Crippen LogP contribution in [0.15, 0.2) is 224 Å². The van der Waals surface area contributed by atoms with Gasteiger partial charge < -0.3 is 0 Å². The monoisotopic (exact) mass is 815 g/mol. The third-order valence-electron chi connectivity index (χ3n) is 10.3. The van der Waals surface area contributed by atoms with Gasteiger partial charge in [-0.2, -0.15) is 15.0 Å². The molecule has 0 bridgehead atoms. The number of hydrogen-bond donors (Lipinski definition) is 0. The summed E-state index contributed by atoms with van der Waals surface area (Å²) in [6.45, 7) is 0. The summed E-state index contributed by atoms with van der Waals surface area (Å²) in [5, 5.41) is -1.83. The summed E-state index contributed by atoms with van der Waals surface area (Å²) >= 11 is 0. The van der Waals surface area contributed by atoms with Gasteiger partial charge in [-0.3, -0.25) is 9.13 Å². The molecule has 62 heavy (non-hydrogen) atoms. The van der Waals surface area contributed by atoms with Crippen LogP contribution in [-0.4, -0.2) is 24.1 Å². The zero-order valence-corrected chi connectivity index (χ0v) is 31.7. The van der Waals surface area contributed by atoms with E-state index in [4.69, 9.17) is 34.1 Å². The zero-order chi connectivity index (χ0) is 61.9. The van der Waals surface area contributed by atoms with Gasteiger partial charge in [0.1, 0.15) is 0 Å². The van der Waals surface area contributed by atoms with E-state index in [1.807, 2.05) is 48.5 Å². The summed E-state index contributed by atoms with van der Waals surface area (Å²) in [6.07, 6.45) is 0. The number of hydrogen-bond acceptors (Lipinski definition) is 3. The number of rotatable bonds is 7. The second kappa shape index (κ2) is 14.7. The Hall–Kier alpha value is -8.41. The van der Waals surface area contributed by atoms with Gasteiger partial charge in [-0.25, -0.2) is 0 Å². The maximum atomic E-state index is 10.0. The average molecular weight is 816 g/mol. The van der Waals surface area contributed by atoms with Crippen molar-refractivity contribution in [3.05, 3.63) is 224 Å². The van der Waals surface area contributed by atoms with Crippen molar-refractivity contribution in [2.45, 2.75) is 0 Å². The second-order valence-corrected chi connectivity index (χ2v) is 13.8. The molecule has 0 radical (unpaired) electrons. The Balaban J connectivity index is 1.34. The van der Waals surface area contributed by atoms with Gasteiger partial charge in [0.2, 0.25) is 11.9 Å². The number of para-hydroxylation sites is 2. The predicted molar refractivity (Wildman–Crippen MR) is 256 cm³/mol. The Morgan fingerprint density at radius 2 is 0.726 bits per heavy atom. The summed E-state index contributed by atoms with van der Waals surface area (Å²) in [4.78, 5) is 14.9. The molecule has 5 nitrogen and oxygen atoms in total. The molecule has 0 saturated heterocycles. The molecule has 0 aliphatic carbocycles. The number of aromatic nitrogens is 5. The van der Waals surface area contributed by atoms with Gasteiger partial charge in [-0.1, -0.05) is 200 Å². The minimum Gasteiger partial charge on any atom is -0.278 e. The first-order valence-electron chi connectivity index (χ1n) is 31.0. The lowest BCUT2D eigenvalue weighted by molar-refractivity contribution is 0.893. The molecule has 12 rings (SSSR count). The van der Waals surface area contributed by atoms with Crippen LogP contribution in [-0.2, 0) is 0 Å². The standard InChI is InChI=1S/C57H37N5/c1-4-18-38(19-5-1)41-32-34-48-46-27-14-16-30-51(46)61(53(48)36-41)56-58-55(50-29-13-12-26-45(50)44-25-11-10-24-43(44)40-22-8-3-9-23-40)59-57(60-56)62-52-31-17-15-28-47(52)49-35-33-42(37-54(49)62)39-20-6-2-7-21-39/h1-37H/i1D,2D,4D,5D,6D,7D,14D,15D,16D,17D,18D,19D,20D,21D,27D,28D,30D,31D,32D,33D,34D,35D,36D,37D. The molecule has 5 heteroatoms. The van der Waals surface area contributed by atoms with Crippen LogP contribution in [0.25, 0.3) is 111 Å². The van der Waals surface area contributed by atoms with Crippen molar-refractivity contribution >= 4 is 43.6 Å². The fourth-order valence-electron chi connectivity index (χ4n) is 7.60. The summed E-state index contributed by atoms with van der Waals surface area (Å²) in [6, 6.07) is 3.23. The Kier molecular flexibility index (Phi) is 4.48. The largest absolute Gasteiger partial charge is 0.278 e. The predicted octanol–water partition coefficient (Wildman–Crippen LogP) is 14.4. The third kappa shape index (κ3) is 5.90. The van der Waals surface area contributed by atoms with Gasteiger partial charge in [0.05, 0.1) is 55.0 Å². The van der Waals surface area contributed by atoms with E-state index in [1.54, 1.807) is 30.3 Å². The first kappa shape index (κ1) is 18.9. The van der Waals surface area contributed by atoms with Crippen molar-refractivity contribution in [2.75, 3.05) is 0 Å². The highest BCUT2D eigenvalue weighted by Crippen LogP contribution is 2.40. The average Bonchev–Trinajstić information content (AvgIpc) is 1.53. The van der Waals surface area contributed by atoms with E-state index in [0.717, 1.165) is 14.7 Å². The molecule has 0 fully saturated rings. The van der Waals surface area contributed by atoms with E-state index in [9.17, 15) is 13.7 Å². The lowest BCUT2D eigenvalue weighted by atomic mass is 9.91. The van der Waals surface area contributed by atoms with Gasteiger partial charge in [0.25, 0.3) is 0 Å². The van der Waals surface area contributed by atoms with Crippen molar-refractivity contribution in [1.29, 1.82) is 0 Å². The quantitative estimate of drug-likeness (QED) is 0.161. The van der Waals surface area contributed by atoms with Crippen LogP contribution in [0.3, 0.4) is 0 Å². The minimum absolute atomic E-state index is 0.187. The van der Waals surface area contributed by atoms with Crippen molar-refractivity contribution in [3.8, 4) is 67.8 Å². The van der Waals surface area contributed by atoms with Crippen LogP contribution < -0.4 is 0 Å². The van der Waals surface area contributed by atoms with Gasteiger partial charge in [-0.15, -0.1) is 0 Å². The van der Waals surface area contributed by atoms with Crippen molar-refractivity contribution in [2.24, 2.45) is 0 Å². The molecule has 0 amide bonds. The van der Waals surface area contributed by atoms with Gasteiger partial charge in [0, 0.05) is 27.1 Å². The van der Waals surface area contributed by atoms with E-state index < -0.39 is 223 Å². The topological polar surface area (TPSA) is 48.5 Å². The molecule has 3 heterocycles. The molecule has 290 valence electrons. The maximum absolute atomic E-state index is 10.0. The first-order valence-corrected chi connectivity index (χ1v) is 19.0. The Labute approximate surface area is 392 Å². The van der Waals surface area contributed by atoms with Crippen molar-refractivity contribution in [3.63, 3.8) is 0 Å². The van der Waals surface area contributed by atoms with Crippen molar-refractivity contribution in [1.82, 2.24) is 24.1 Å². The third-order valence-corrected chi connectivity index (χ3v) is 10.3. The first-order chi connectivity index (χ1) is 40.8. The van der Waals surface area contributed by atoms with Crippen molar-refractivity contribution < 1.29 is 32.9 Å². The Morgan fingerprint density at radius 3 is 1.26 bits per heavy atom. The highest BCUT2D eigenvalue weighted by atomic mass is 15.3. The van der Waals surface area contributed by atoms with Crippen LogP contribution in [0.4, 0.5) is 0 Å². The van der Waals surface area contributed by atoms with E-state index in [2.05, 4.69) is 0 Å². The Bertz CT molecular complexity index is 4760. The van der Waals surface area contributed by atoms with Crippen LogP contribution in [0, 0.1) is 0 Å². The number of benzene rings is 9. The molecular weight excluding hydrogens is 755 g/mol. The Morgan fingerprint density at radius 1 is 0.306 bits per heavy atom. The van der Waals surface area contributed by atoms with E-state index in [-0.39, 0.29) is 11.4 Å². The maximum Gasteiger partial charge on any atom is 0.240 e. The molecule has 0 spiro atoms. The molecule has 0 saturated carbocycles. The smallest absolute Gasteiger partial charge is 0.240 e. The SMILES string of the molecule is [2H]c1c([2H])c([2H])c(-c2c([2H])c([2H])c3c4c([2H])c([2H])c([2H])c([2H])c4n(-c4nc(-c5ccccc5-c5ccccc5-c5ccccc5)nc(-n5c6c([2H])c([2H])c([2H])c([2H])c6c6c([2H])c([2H])c(-c7c([2H])c([2H])c([2H])c([2H])c7[2H])c([2H])c65)n4)c3c2[2H])c([2H])c1[2H]. The molecule has 0 aliphatic rings. The van der Waals surface area contributed by atoms with Gasteiger partial charge in [-0.05, 0) is 68.7 Å². The molecular formula is C57H37N5. The van der Waals surface area contributed by atoms with Gasteiger partial charge >= 0.3 is 0 Å². The lowest BCUT2D eigenvalue weighted by Crippen LogP contribution is -2.10. The lowest BCUT2D eigenvalue weighted by Gasteiger charge is -2.16. The van der Waals surface area contributed by atoms with Crippen LogP contribution >= 0.6 is 0 Å². The summed E-state index contributed by atoms with van der Waals surface area (Å²) in [5.41, 5.74) is -2.16. The van der Waals surface area contributed by atoms with E-state index in [0.29, 0.717) is 16.7 Å². The molecule has 0 aliphatic heterocycles. The number of fused-ring (bicyclic) bond motifs is 6. The number of nitrogens with zero attached hydrogens (tertiary/aromatic N) is 5. The van der Waals surface area contributed by atoms with Crippen LogP contribution in [0.5, 0.6) is 0 Å². The molecule has 3 aromatic heterocycles. The fraction of sp³-hybridized carbons (Fsp3) is 0. The van der Waals surface area contributed by atoms with E-state index in [1.165, 1.54) is 0 Å². The second-order valence-electron chi connectivity index (χ2n) is 13.8. The van der Waals surface area contributed by atoms with Gasteiger partial charge in [0.15, 0.2) is 5.82 Å². The molecule has 0 N–H and O–H groups in total. The van der Waals surface area contributed by atoms with Crippen LogP contribution in [0.2, 0.25) is 0 Å². The summed E-state index contributed by atoms with van der Waals surface area (Å²) < 4.78 is 220. The summed E-state index contributed by atoms with van der Waals surface area (Å²) in [5.74, 6) is -1.69. The molecule has 12 aromatic rings. The molecule has 0 atom stereocenters. The molecule has 9 aromatic carbocycles. The summed E-state index contributed by atoms with van der Waals surface area (Å²) in [7, 11) is 0. The highest BCUT2D eigenvalue weighted by Gasteiger charge is 2.23. The van der Waals surface area contributed by atoms with E-state index >= 15 is 0 Å². The fourth-order valence-corrected chi connectivity index (χ4v) is 7.60.